The Morgan fingerprint density at radius 3 is 2.53 bits per heavy atom. The number of piperazine rings is 1. The maximum atomic E-state index is 5.49. The molecule has 0 amide bonds. The second kappa shape index (κ2) is 13.0. The highest BCUT2D eigenvalue weighted by Crippen LogP contribution is 2.22. The third-order valence-corrected chi connectivity index (χ3v) is 5.87. The van der Waals surface area contributed by atoms with E-state index in [-0.39, 0.29) is 0 Å². The summed E-state index contributed by atoms with van der Waals surface area (Å²) < 4.78 is 5.49. The van der Waals surface area contributed by atoms with Crippen LogP contribution in [0.1, 0.15) is 57.4 Å². The zero-order valence-corrected chi connectivity index (χ0v) is 19.8. The number of guanidine groups is 1. The molecule has 3 rings (SSSR count). The molecule has 0 spiro atoms. The Morgan fingerprint density at radius 2 is 1.84 bits per heavy atom. The predicted octanol–water partition coefficient (Wildman–Crippen LogP) is 2.64. The van der Waals surface area contributed by atoms with Gasteiger partial charge in [-0.2, -0.15) is 0 Å². The molecule has 1 aliphatic rings. The van der Waals surface area contributed by atoms with Crippen molar-refractivity contribution in [2.75, 3.05) is 50.7 Å². The van der Waals surface area contributed by atoms with Crippen molar-refractivity contribution in [1.29, 1.82) is 0 Å². The topological polar surface area (TPSA) is 94.7 Å². The fourth-order valence-electron chi connectivity index (χ4n) is 3.94. The third-order valence-electron chi connectivity index (χ3n) is 5.87. The van der Waals surface area contributed by atoms with Crippen LogP contribution in [0.25, 0.3) is 0 Å². The molecular formula is C23H38N8O. The summed E-state index contributed by atoms with van der Waals surface area (Å²) in [7, 11) is 0. The van der Waals surface area contributed by atoms with Crippen LogP contribution < -0.4 is 15.5 Å². The lowest BCUT2D eigenvalue weighted by molar-refractivity contribution is 0.254. The first kappa shape index (κ1) is 24.0. The van der Waals surface area contributed by atoms with E-state index in [1.807, 2.05) is 12.1 Å². The predicted molar refractivity (Wildman–Crippen MR) is 128 cm³/mol. The highest BCUT2D eigenvalue weighted by molar-refractivity contribution is 5.79. The van der Waals surface area contributed by atoms with E-state index in [4.69, 9.17) is 4.52 Å². The largest absolute Gasteiger partial charge is 0.359 e. The van der Waals surface area contributed by atoms with Crippen molar-refractivity contribution < 1.29 is 4.52 Å². The summed E-state index contributed by atoms with van der Waals surface area (Å²) in [6.45, 7) is 13.7. The van der Waals surface area contributed by atoms with Crippen molar-refractivity contribution in [2.45, 2.75) is 52.5 Å². The van der Waals surface area contributed by atoms with Gasteiger partial charge in [-0.25, -0.2) is 15.0 Å². The summed E-state index contributed by atoms with van der Waals surface area (Å²) in [6, 6.07) is 3.90. The molecule has 0 atom stereocenters. The smallest absolute Gasteiger partial charge is 0.225 e. The van der Waals surface area contributed by atoms with Gasteiger partial charge in [0.15, 0.2) is 11.7 Å². The molecule has 0 radical (unpaired) electrons. The minimum Gasteiger partial charge on any atom is -0.359 e. The third kappa shape index (κ3) is 7.19. The lowest BCUT2D eigenvalue weighted by Crippen LogP contribution is -2.47. The van der Waals surface area contributed by atoms with E-state index in [0.29, 0.717) is 12.5 Å². The highest BCUT2D eigenvalue weighted by atomic mass is 16.5. The molecule has 0 aromatic carbocycles. The maximum absolute atomic E-state index is 5.49. The molecule has 176 valence electrons. The molecule has 1 fully saturated rings. The minimum atomic E-state index is 0.463. The number of nitrogens with one attached hydrogen (secondary N) is 2. The lowest BCUT2D eigenvalue weighted by atomic mass is 9.99. The van der Waals surface area contributed by atoms with Crippen LogP contribution in [-0.2, 0) is 6.54 Å². The molecule has 9 nitrogen and oxygen atoms in total. The molecule has 2 N–H and O–H groups in total. The van der Waals surface area contributed by atoms with E-state index in [2.05, 4.69) is 61.3 Å². The van der Waals surface area contributed by atoms with Gasteiger partial charge in [0.25, 0.3) is 0 Å². The summed E-state index contributed by atoms with van der Waals surface area (Å²) in [5.41, 5.74) is 1.04. The van der Waals surface area contributed by atoms with Gasteiger partial charge in [0.05, 0.1) is 5.69 Å². The summed E-state index contributed by atoms with van der Waals surface area (Å²) in [5.74, 6) is 2.92. The monoisotopic (exact) mass is 442 g/mol. The van der Waals surface area contributed by atoms with Gasteiger partial charge in [-0.05, 0) is 38.8 Å². The number of aromatic nitrogens is 3. The Labute approximate surface area is 191 Å². The number of anilines is 1. The van der Waals surface area contributed by atoms with Gasteiger partial charge in [-0.15, -0.1) is 0 Å². The molecule has 0 unspecified atom stereocenters. The van der Waals surface area contributed by atoms with E-state index in [1.165, 1.54) is 0 Å². The first-order valence-electron chi connectivity index (χ1n) is 11.9. The fraction of sp³-hybridized carbons (Fsp3) is 0.652. The maximum Gasteiger partial charge on any atom is 0.225 e. The summed E-state index contributed by atoms with van der Waals surface area (Å²) >= 11 is 0. The van der Waals surface area contributed by atoms with Crippen LogP contribution in [0.3, 0.4) is 0 Å². The summed E-state index contributed by atoms with van der Waals surface area (Å²) in [5, 5.41) is 11.0. The minimum absolute atomic E-state index is 0.463. The summed E-state index contributed by atoms with van der Waals surface area (Å²) in [6.07, 6.45) is 6.82. The molecule has 1 aliphatic heterocycles. The Morgan fingerprint density at radius 1 is 1.09 bits per heavy atom. The number of nitrogens with zero attached hydrogens (tertiary/aromatic N) is 6. The first-order chi connectivity index (χ1) is 15.7. The van der Waals surface area contributed by atoms with Crippen LogP contribution in [0.2, 0.25) is 0 Å². The molecule has 2 aromatic rings. The van der Waals surface area contributed by atoms with E-state index in [1.54, 1.807) is 12.4 Å². The van der Waals surface area contributed by atoms with Crippen LogP contribution in [0.15, 0.2) is 34.0 Å². The van der Waals surface area contributed by atoms with Crippen molar-refractivity contribution in [3.05, 3.63) is 36.0 Å². The van der Waals surface area contributed by atoms with E-state index in [0.717, 1.165) is 88.4 Å². The number of hydrogen-bond acceptors (Lipinski definition) is 7. The van der Waals surface area contributed by atoms with E-state index in [9.17, 15) is 0 Å². The van der Waals surface area contributed by atoms with Crippen LogP contribution >= 0.6 is 0 Å². The molecule has 2 aromatic heterocycles. The van der Waals surface area contributed by atoms with Crippen LogP contribution in [0, 0.1) is 0 Å². The second-order valence-corrected chi connectivity index (χ2v) is 8.08. The van der Waals surface area contributed by atoms with Crippen molar-refractivity contribution >= 4 is 11.9 Å². The van der Waals surface area contributed by atoms with Gasteiger partial charge in [0, 0.05) is 63.6 Å². The Kier molecular flexibility index (Phi) is 9.74. The fourth-order valence-corrected chi connectivity index (χ4v) is 3.94. The Hall–Kier alpha value is -2.68. The highest BCUT2D eigenvalue weighted by Gasteiger charge is 2.18. The SMILES string of the molecule is CCNC(=NCc1cc(C(CC)CC)no1)NCCCN1CCN(c2ncccn2)CC1. The molecule has 0 bridgehead atoms. The average molecular weight is 443 g/mol. The van der Waals surface area contributed by atoms with Crippen LogP contribution in [0.5, 0.6) is 0 Å². The number of aliphatic imine (C=N–C) groups is 1. The molecule has 3 heterocycles. The normalized spacial score (nSPS) is 15.4. The first-order valence-corrected chi connectivity index (χ1v) is 11.9. The quantitative estimate of drug-likeness (QED) is 0.312. The van der Waals surface area contributed by atoms with Gasteiger partial charge in [0.2, 0.25) is 5.95 Å². The average Bonchev–Trinajstić information content (AvgIpc) is 3.30. The molecule has 9 heteroatoms. The van der Waals surface area contributed by atoms with Gasteiger partial charge in [-0.1, -0.05) is 19.0 Å². The van der Waals surface area contributed by atoms with Crippen LogP contribution in [-0.4, -0.2) is 71.8 Å². The molecule has 0 saturated carbocycles. The number of hydrogen-bond donors (Lipinski definition) is 2. The van der Waals surface area contributed by atoms with Gasteiger partial charge in [0.1, 0.15) is 6.54 Å². The van der Waals surface area contributed by atoms with Crippen molar-refractivity contribution in [1.82, 2.24) is 30.7 Å². The standard InChI is InChI=1S/C23H38N8O/c1-4-19(5-2)21-17-20(32-29-21)18-28-22(24-6-3)25-11-8-12-30-13-15-31(16-14-30)23-26-9-7-10-27-23/h7,9-10,17,19H,4-6,8,11-16,18H2,1-3H3,(H2,24,25,28). The molecular weight excluding hydrogens is 404 g/mol. The van der Waals surface area contributed by atoms with E-state index < -0.39 is 0 Å². The van der Waals surface area contributed by atoms with Crippen molar-refractivity contribution in [2.24, 2.45) is 4.99 Å². The van der Waals surface area contributed by atoms with Crippen LogP contribution in [0.4, 0.5) is 5.95 Å². The van der Waals surface area contributed by atoms with Crippen molar-refractivity contribution in [3.8, 4) is 0 Å². The summed E-state index contributed by atoms with van der Waals surface area (Å²) in [4.78, 5) is 18.1. The Bertz CT molecular complexity index is 797. The number of rotatable bonds is 11. The van der Waals surface area contributed by atoms with Crippen molar-refractivity contribution in [3.63, 3.8) is 0 Å². The molecule has 32 heavy (non-hydrogen) atoms. The van der Waals surface area contributed by atoms with Gasteiger partial charge >= 0.3 is 0 Å². The zero-order valence-electron chi connectivity index (χ0n) is 19.8. The molecule has 0 aliphatic carbocycles. The Balaban J connectivity index is 1.38. The lowest BCUT2D eigenvalue weighted by Gasteiger charge is -2.34. The van der Waals surface area contributed by atoms with E-state index >= 15 is 0 Å². The second-order valence-electron chi connectivity index (χ2n) is 8.08. The molecule has 1 saturated heterocycles. The van der Waals surface area contributed by atoms with Gasteiger partial charge < -0.3 is 20.1 Å². The van der Waals surface area contributed by atoms with Gasteiger partial charge in [-0.3, -0.25) is 4.90 Å². The zero-order chi connectivity index (χ0) is 22.6.